The van der Waals surface area contributed by atoms with E-state index in [9.17, 15) is 18.0 Å². The molecule has 1 saturated heterocycles. The molecule has 2 heterocycles. The van der Waals surface area contributed by atoms with Crippen molar-refractivity contribution in [3.63, 3.8) is 0 Å². The zero-order chi connectivity index (χ0) is 21.4. The molecule has 7 nitrogen and oxygen atoms in total. The lowest BCUT2D eigenvalue weighted by molar-refractivity contribution is -0.192. The van der Waals surface area contributed by atoms with Crippen LogP contribution in [0, 0.1) is 5.92 Å². The second-order valence-electron chi connectivity index (χ2n) is 7.52. The molecule has 29 heavy (non-hydrogen) atoms. The lowest BCUT2D eigenvalue weighted by Gasteiger charge is -2.34. The Morgan fingerprint density at radius 3 is 1.97 bits per heavy atom. The van der Waals surface area contributed by atoms with E-state index in [1.54, 1.807) is 0 Å². The van der Waals surface area contributed by atoms with E-state index in [-0.39, 0.29) is 5.56 Å². The molecule has 2 N–H and O–H groups in total. The third kappa shape index (κ3) is 7.60. The van der Waals surface area contributed by atoms with E-state index in [1.165, 1.54) is 51.0 Å². The van der Waals surface area contributed by atoms with Gasteiger partial charge in [-0.05, 0) is 44.7 Å². The van der Waals surface area contributed by atoms with Crippen molar-refractivity contribution in [1.82, 2.24) is 14.9 Å². The summed E-state index contributed by atoms with van der Waals surface area (Å²) in [6.45, 7) is 3.49. The Morgan fingerprint density at radius 1 is 1.00 bits per heavy atom. The summed E-state index contributed by atoms with van der Waals surface area (Å²) in [4.78, 5) is 30.8. The molecule has 2 fully saturated rings. The minimum atomic E-state index is -5.08. The fourth-order valence-corrected chi connectivity index (χ4v) is 3.77. The molecule has 10 heteroatoms. The number of aromatic carboxylic acids is 1. The predicted molar refractivity (Wildman–Crippen MR) is 97.7 cm³/mol. The number of likely N-dealkylation sites (tertiary alicyclic amines) is 1. The summed E-state index contributed by atoms with van der Waals surface area (Å²) in [6, 6.07) is 0. The van der Waals surface area contributed by atoms with Gasteiger partial charge in [0.15, 0.2) is 0 Å². The van der Waals surface area contributed by atoms with Gasteiger partial charge < -0.3 is 15.1 Å². The average molecular weight is 417 g/mol. The second-order valence-corrected chi connectivity index (χ2v) is 7.52. The van der Waals surface area contributed by atoms with Crippen LogP contribution in [-0.4, -0.2) is 62.8 Å². The Balaban J connectivity index is 0.000000370. The SMILES string of the molecule is O=C(O)C(F)(F)F.O=C(O)c1cnc(C2CCN(CC3CCCCC3)CC2)nc1. The van der Waals surface area contributed by atoms with Gasteiger partial charge in [0.05, 0.1) is 5.56 Å². The van der Waals surface area contributed by atoms with Crippen molar-refractivity contribution in [1.29, 1.82) is 0 Å². The third-order valence-electron chi connectivity index (χ3n) is 5.36. The third-order valence-corrected chi connectivity index (χ3v) is 5.36. The van der Waals surface area contributed by atoms with Crippen LogP contribution in [0.3, 0.4) is 0 Å². The van der Waals surface area contributed by atoms with Crippen LogP contribution in [0.1, 0.15) is 67.0 Å². The Labute approximate surface area is 167 Å². The van der Waals surface area contributed by atoms with Crippen LogP contribution in [-0.2, 0) is 4.79 Å². The summed E-state index contributed by atoms with van der Waals surface area (Å²) < 4.78 is 31.7. The van der Waals surface area contributed by atoms with Gasteiger partial charge in [0, 0.05) is 24.9 Å². The van der Waals surface area contributed by atoms with Crippen molar-refractivity contribution in [3.8, 4) is 0 Å². The Morgan fingerprint density at radius 2 is 1.52 bits per heavy atom. The monoisotopic (exact) mass is 417 g/mol. The van der Waals surface area contributed by atoms with E-state index in [1.807, 2.05) is 0 Å². The van der Waals surface area contributed by atoms with Crippen molar-refractivity contribution in [2.75, 3.05) is 19.6 Å². The second kappa shape index (κ2) is 10.5. The maximum atomic E-state index is 10.8. The summed E-state index contributed by atoms with van der Waals surface area (Å²) in [5, 5.41) is 16.0. The fourth-order valence-electron chi connectivity index (χ4n) is 3.77. The molecule has 0 atom stereocenters. The standard InChI is InChI=1S/C17H25N3O2.C2HF3O2/c21-17(22)15-10-18-16(19-11-15)14-6-8-20(9-7-14)12-13-4-2-1-3-5-13;3-2(4,5)1(6)7/h10-11,13-14H,1-9,12H2,(H,21,22);(H,6,7). The van der Waals surface area contributed by atoms with Crippen LogP contribution >= 0.6 is 0 Å². The molecular formula is C19H26F3N3O4. The smallest absolute Gasteiger partial charge is 0.478 e. The Hall–Kier alpha value is -2.23. The number of halogens is 3. The van der Waals surface area contributed by atoms with Crippen molar-refractivity contribution in [2.24, 2.45) is 5.92 Å². The minimum absolute atomic E-state index is 0.165. The van der Waals surface area contributed by atoms with Crippen LogP contribution in [0.25, 0.3) is 0 Å². The predicted octanol–water partition coefficient (Wildman–Crippen LogP) is 3.57. The molecular weight excluding hydrogens is 391 g/mol. The van der Waals surface area contributed by atoms with Gasteiger partial charge in [0.2, 0.25) is 0 Å². The van der Waals surface area contributed by atoms with Crippen molar-refractivity contribution >= 4 is 11.9 Å². The van der Waals surface area contributed by atoms with Gasteiger partial charge in [-0.15, -0.1) is 0 Å². The van der Waals surface area contributed by atoms with Crippen LogP contribution < -0.4 is 0 Å². The molecule has 1 saturated carbocycles. The Kier molecular flexibility index (Phi) is 8.36. The quantitative estimate of drug-likeness (QED) is 0.772. The molecule has 2 aliphatic rings. The van der Waals surface area contributed by atoms with Crippen molar-refractivity contribution < 1.29 is 33.0 Å². The highest BCUT2D eigenvalue weighted by molar-refractivity contribution is 5.86. The van der Waals surface area contributed by atoms with E-state index < -0.39 is 18.1 Å². The highest BCUT2D eigenvalue weighted by Crippen LogP contribution is 2.29. The summed E-state index contributed by atoms with van der Waals surface area (Å²) >= 11 is 0. The van der Waals surface area contributed by atoms with E-state index in [4.69, 9.17) is 15.0 Å². The molecule has 3 rings (SSSR count). The first kappa shape index (κ1) is 23.1. The summed E-state index contributed by atoms with van der Waals surface area (Å²) in [5.74, 6) is -1.63. The van der Waals surface area contributed by atoms with Gasteiger partial charge in [0.1, 0.15) is 5.82 Å². The van der Waals surface area contributed by atoms with Gasteiger partial charge in [-0.2, -0.15) is 13.2 Å². The molecule has 0 aromatic carbocycles. The molecule has 1 aromatic heterocycles. The summed E-state index contributed by atoms with van der Waals surface area (Å²) in [7, 11) is 0. The largest absolute Gasteiger partial charge is 0.490 e. The number of carboxylic acids is 2. The van der Waals surface area contributed by atoms with Gasteiger partial charge >= 0.3 is 18.1 Å². The highest BCUT2D eigenvalue weighted by Gasteiger charge is 2.38. The number of aromatic nitrogens is 2. The van der Waals surface area contributed by atoms with Crippen molar-refractivity contribution in [3.05, 3.63) is 23.8 Å². The maximum absolute atomic E-state index is 10.8. The molecule has 1 aliphatic heterocycles. The van der Waals surface area contributed by atoms with E-state index in [0.717, 1.165) is 37.7 Å². The first-order chi connectivity index (χ1) is 13.7. The Bertz CT molecular complexity index is 668. The molecule has 0 unspecified atom stereocenters. The van der Waals surface area contributed by atoms with Crippen LogP contribution in [0.2, 0.25) is 0 Å². The molecule has 0 spiro atoms. The molecule has 162 valence electrons. The minimum Gasteiger partial charge on any atom is -0.478 e. The number of carboxylic acid groups (broad SMARTS) is 2. The number of alkyl halides is 3. The molecule has 0 amide bonds. The molecule has 0 bridgehead atoms. The highest BCUT2D eigenvalue weighted by atomic mass is 19.4. The number of carbonyl (C=O) groups is 2. The lowest BCUT2D eigenvalue weighted by atomic mass is 9.88. The van der Waals surface area contributed by atoms with Crippen LogP contribution in [0.15, 0.2) is 12.4 Å². The normalized spacial score (nSPS) is 19.3. The first-order valence-electron chi connectivity index (χ1n) is 9.74. The molecule has 1 aromatic rings. The van der Waals surface area contributed by atoms with Crippen LogP contribution in [0.5, 0.6) is 0 Å². The first-order valence-corrected chi connectivity index (χ1v) is 9.74. The van der Waals surface area contributed by atoms with Crippen molar-refractivity contribution in [2.45, 2.75) is 57.0 Å². The fraction of sp³-hybridized carbons (Fsp3) is 0.684. The number of piperidine rings is 1. The summed E-state index contributed by atoms with van der Waals surface area (Å²) in [6.07, 6.45) is 6.98. The topological polar surface area (TPSA) is 104 Å². The van der Waals surface area contributed by atoms with Gasteiger partial charge in [-0.1, -0.05) is 19.3 Å². The average Bonchev–Trinajstić information content (AvgIpc) is 2.69. The number of nitrogens with zero attached hydrogens (tertiary/aromatic N) is 3. The molecule has 1 aliphatic carbocycles. The summed E-state index contributed by atoms with van der Waals surface area (Å²) in [5.41, 5.74) is 0.165. The van der Waals surface area contributed by atoms with Gasteiger partial charge in [0.25, 0.3) is 0 Å². The zero-order valence-electron chi connectivity index (χ0n) is 16.1. The van der Waals surface area contributed by atoms with Gasteiger partial charge in [-0.25, -0.2) is 19.6 Å². The number of rotatable bonds is 4. The number of aliphatic carboxylic acids is 1. The van der Waals surface area contributed by atoms with E-state index >= 15 is 0 Å². The zero-order valence-corrected chi connectivity index (χ0v) is 16.1. The van der Waals surface area contributed by atoms with Crippen LogP contribution in [0.4, 0.5) is 13.2 Å². The van der Waals surface area contributed by atoms with E-state index in [2.05, 4.69) is 14.9 Å². The number of hydrogen-bond acceptors (Lipinski definition) is 5. The number of hydrogen-bond donors (Lipinski definition) is 2. The lowest BCUT2D eigenvalue weighted by Crippen LogP contribution is -2.37. The maximum Gasteiger partial charge on any atom is 0.490 e. The molecule has 0 radical (unpaired) electrons. The van der Waals surface area contributed by atoms with Gasteiger partial charge in [-0.3, -0.25) is 0 Å². The van der Waals surface area contributed by atoms with E-state index in [0.29, 0.717) is 5.92 Å².